The lowest BCUT2D eigenvalue weighted by molar-refractivity contribution is -0.148. The summed E-state index contributed by atoms with van der Waals surface area (Å²) >= 11 is 1.70. The largest absolute Gasteiger partial charge is 0.465 e. The normalized spacial score (nSPS) is 24.6. The summed E-state index contributed by atoms with van der Waals surface area (Å²) in [4.78, 5) is 12.9. The van der Waals surface area contributed by atoms with Crippen molar-refractivity contribution in [2.75, 3.05) is 6.61 Å². The molecule has 4 heteroatoms. The SMILES string of the molecule is N[C@H]1CC[C@@H](C(=O)OCCc2cccs2)C1. The molecule has 1 heterocycles. The summed E-state index contributed by atoms with van der Waals surface area (Å²) in [5.41, 5.74) is 5.76. The molecule has 1 aliphatic rings. The third-order valence-corrected chi connectivity index (χ3v) is 3.92. The first-order chi connectivity index (χ1) is 7.75. The molecule has 1 aromatic rings. The second kappa shape index (κ2) is 5.46. The van der Waals surface area contributed by atoms with Crippen LogP contribution in [0.1, 0.15) is 24.1 Å². The Labute approximate surface area is 99.6 Å². The van der Waals surface area contributed by atoms with Crippen LogP contribution in [0.5, 0.6) is 0 Å². The van der Waals surface area contributed by atoms with E-state index in [4.69, 9.17) is 10.5 Å². The summed E-state index contributed by atoms with van der Waals surface area (Å²) in [6.07, 6.45) is 3.45. The first-order valence-corrected chi connectivity index (χ1v) is 6.58. The molecular weight excluding hydrogens is 222 g/mol. The van der Waals surface area contributed by atoms with Gasteiger partial charge in [-0.15, -0.1) is 11.3 Å². The molecule has 88 valence electrons. The molecule has 1 aromatic heterocycles. The molecule has 1 saturated carbocycles. The second-order valence-corrected chi connectivity index (χ2v) is 5.30. The zero-order valence-electron chi connectivity index (χ0n) is 9.22. The molecule has 2 rings (SSSR count). The van der Waals surface area contributed by atoms with Crippen molar-refractivity contribution in [1.29, 1.82) is 0 Å². The van der Waals surface area contributed by atoms with Crippen LogP contribution in [-0.2, 0) is 16.0 Å². The van der Waals surface area contributed by atoms with E-state index in [9.17, 15) is 4.79 Å². The van der Waals surface area contributed by atoms with Crippen LogP contribution in [-0.4, -0.2) is 18.6 Å². The van der Waals surface area contributed by atoms with Crippen molar-refractivity contribution in [3.8, 4) is 0 Å². The molecule has 3 nitrogen and oxygen atoms in total. The van der Waals surface area contributed by atoms with Crippen LogP contribution in [0.15, 0.2) is 17.5 Å². The molecule has 1 aliphatic carbocycles. The van der Waals surface area contributed by atoms with E-state index < -0.39 is 0 Å². The van der Waals surface area contributed by atoms with E-state index in [1.54, 1.807) is 11.3 Å². The van der Waals surface area contributed by atoms with Gasteiger partial charge in [0.1, 0.15) is 0 Å². The highest BCUT2D eigenvalue weighted by Gasteiger charge is 2.28. The van der Waals surface area contributed by atoms with Crippen molar-refractivity contribution < 1.29 is 9.53 Å². The Balaban J connectivity index is 1.68. The Morgan fingerprint density at radius 3 is 3.06 bits per heavy atom. The van der Waals surface area contributed by atoms with Gasteiger partial charge in [0.2, 0.25) is 0 Å². The maximum absolute atomic E-state index is 11.6. The first-order valence-electron chi connectivity index (χ1n) is 5.70. The summed E-state index contributed by atoms with van der Waals surface area (Å²) in [7, 11) is 0. The third kappa shape index (κ3) is 3.06. The van der Waals surface area contributed by atoms with Gasteiger partial charge in [0.15, 0.2) is 0 Å². The maximum Gasteiger partial charge on any atom is 0.308 e. The van der Waals surface area contributed by atoms with Crippen molar-refractivity contribution in [3.05, 3.63) is 22.4 Å². The number of hydrogen-bond donors (Lipinski definition) is 1. The highest BCUT2D eigenvalue weighted by molar-refractivity contribution is 7.09. The Kier molecular flexibility index (Phi) is 3.96. The fraction of sp³-hybridized carbons (Fsp3) is 0.583. The highest BCUT2D eigenvalue weighted by Crippen LogP contribution is 2.25. The summed E-state index contributed by atoms with van der Waals surface area (Å²) in [5, 5.41) is 2.03. The Morgan fingerprint density at radius 2 is 2.44 bits per heavy atom. The molecule has 0 amide bonds. The van der Waals surface area contributed by atoms with Gasteiger partial charge < -0.3 is 10.5 Å². The first kappa shape index (κ1) is 11.6. The van der Waals surface area contributed by atoms with Crippen molar-refractivity contribution in [3.63, 3.8) is 0 Å². The van der Waals surface area contributed by atoms with Gasteiger partial charge in [-0.1, -0.05) is 6.07 Å². The zero-order chi connectivity index (χ0) is 11.4. The van der Waals surface area contributed by atoms with Crippen molar-refractivity contribution in [2.45, 2.75) is 31.7 Å². The van der Waals surface area contributed by atoms with E-state index in [0.717, 1.165) is 25.7 Å². The average molecular weight is 239 g/mol. The van der Waals surface area contributed by atoms with Gasteiger partial charge in [-0.05, 0) is 30.7 Å². The van der Waals surface area contributed by atoms with Crippen molar-refractivity contribution >= 4 is 17.3 Å². The number of ether oxygens (including phenoxy) is 1. The second-order valence-electron chi connectivity index (χ2n) is 4.27. The minimum Gasteiger partial charge on any atom is -0.465 e. The number of hydrogen-bond acceptors (Lipinski definition) is 4. The van der Waals surface area contributed by atoms with Gasteiger partial charge >= 0.3 is 5.97 Å². The number of carbonyl (C=O) groups is 1. The molecule has 0 saturated heterocycles. The molecule has 2 N–H and O–H groups in total. The quantitative estimate of drug-likeness (QED) is 0.817. The fourth-order valence-corrected chi connectivity index (χ4v) is 2.75. The summed E-state index contributed by atoms with van der Waals surface area (Å²) in [6.45, 7) is 0.491. The van der Waals surface area contributed by atoms with Gasteiger partial charge in [-0.2, -0.15) is 0 Å². The van der Waals surface area contributed by atoms with Crippen LogP contribution in [0.3, 0.4) is 0 Å². The van der Waals surface area contributed by atoms with Gasteiger partial charge in [-0.3, -0.25) is 4.79 Å². The molecule has 16 heavy (non-hydrogen) atoms. The standard InChI is InChI=1S/C12H17NO2S/c13-10-4-3-9(8-10)12(14)15-6-5-11-2-1-7-16-11/h1-2,7,9-10H,3-6,8,13H2/t9-,10+/m1/s1. The molecule has 0 bridgehead atoms. The van der Waals surface area contributed by atoms with Crippen molar-refractivity contribution in [1.82, 2.24) is 0 Å². The monoisotopic (exact) mass is 239 g/mol. The van der Waals surface area contributed by atoms with Crippen LogP contribution in [0, 0.1) is 5.92 Å². The predicted octanol–water partition coefficient (Wildman–Crippen LogP) is 1.96. The minimum atomic E-state index is -0.0653. The van der Waals surface area contributed by atoms with E-state index >= 15 is 0 Å². The van der Waals surface area contributed by atoms with Crippen LogP contribution in [0.2, 0.25) is 0 Å². The topological polar surface area (TPSA) is 52.3 Å². The third-order valence-electron chi connectivity index (χ3n) is 2.98. The summed E-state index contributed by atoms with van der Waals surface area (Å²) < 4.78 is 5.26. The summed E-state index contributed by atoms with van der Waals surface area (Å²) in [6, 6.07) is 4.26. The van der Waals surface area contributed by atoms with E-state index in [2.05, 4.69) is 6.07 Å². The van der Waals surface area contributed by atoms with Gasteiger partial charge in [-0.25, -0.2) is 0 Å². The van der Waals surface area contributed by atoms with Crippen molar-refractivity contribution in [2.24, 2.45) is 11.7 Å². The predicted molar refractivity (Wildman–Crippen MR) is 64.3 cm³/mol. The van der Waals surface area contributed by atoms with Gasteiger partial charge in [0, 0.05) is 17.3 Å². The Morgan fingerprint density at radius 1 is 1.56 bits per heavy atom. The molecular formula is C12H17NO2S. The summed E-state index contributed by atoms with van der Waals surface area (Å²) in [5.74, 6) is -0.0251. The molecule has 0 spiro atoms. The van der Waals surface area contributed by atoms with E-state index in [0.29, 0.717) is 6.61 Å². The number of nitrogens with two attached hydrogens (primary N) is 1. The number of carbonyl (C=O) groups excluding carboxylic acids is 1. The lowest BCUT2D eigenvalue weighted by atomic mass is 10.1. The maximum atomic E-state index is 11.6. The van der Waals surface area contributed by atoms with Crippen LogP contribution < -0.4 is 5.73 Å². The van der Waals surface area contributed by atoms with Gasteiger partial charge in [0.05, 0.1) is 12.5 Å². The minimum absolute atomic E-state index is 0.0401. The molecule has 0 aliphatic heterocycles. The molecule has 1 fully saturated rings. The molecule has 2 atom stereocenters. The van der Waals surface area contributed by atoms with Crippen LogP contribution in [0.25, 0.3) is 0 Å². The number of rotatable bonds is 4. The average Bonchev–Trinajstić information content (AvgIpc) is 2.89. The smallest absolute Gasteiger partial charge is 0.308 e. The van der Waals surface area contributed by atoms with E-state index in [1.165, 1.54) is 4.88 Å². The van der Waals surface area contributed by atoms with Gasteiger partial charge in [0.25, 0.3) is 0 Å². The fourth-order valence-electron chi connectivity index (χ4n) is 2.06. The highest BCUT2D eigenvalue weighted by atomic mass is 32.1. The van der Waals surface area contributed by atoms with Crippen LogP contribution in [0.4, 0.5) is 0 Å². The molecule has 0 aromatic carbocycles. The lowest BCUT2D eigenvalue weighted by Gasteiger charge is -2.09. The van der Waals surface area contributed by atoms with E-state index in [-0.39, 0.29) is 17.9 Å². The van der Waals surface area contributed by atoms with Crippen LogP contribution >= 0.6 is 11.3 Å². The lowest BCUT2D eigenvalue weighted by Crippen LogP contribution is -2.20. The molecule has 0 radical (unpaired) electrons. The molecule has 0 unspecified atom stereocenters. The van der Waals surface area contributed by atoms with E-state index in [1.807, 2.05) is 11.4 Å². The Hall–Kier alpha value is -0.870. The zero-order valence-corrected chi connectivity index (χ0v) is 10.0. The number of esters is 1. The number of thiophene rings is 1. The Bertz CT molecular complexity index is 337.